The molecule has 26 heavy (non-hydrogen) atoms. The Morgan fingerprint density at radius 1 is 1.27 bits per heavy atom. The molecule has 1 aliphatic rings. The lowest BCUT2D eigenvalue weighted by atomic mass is 9.97. The number of carbonyl (C=O) groups is 1. The summed E-state index contributed by atoms with van der Waals surface area (Å²) in [6.45, 7) is -2.13. The van der Waals surface area contributed by atoms with Crippen molar-refractivity contribution >= 4 is 29.7 Å². The minimum absolute atomic E-state index is 0. The van der Waals surface area contributed by atoms with Crippen LogP contribution in [0.4, 0.5) is 20.2 Å². The van der Waals surface area contributed by atoms with Crippen molar-refractivity contribution in [3.8, 4) is 11.5 Å². The number of amides is 1. The predicted octanol–water partition coefficient (Wildman–Crippen LogP) is 4.33. The molecule has 1 aliphatic heterocycles. The first-order valence-electron chi connectivity index (χ1n) is 7.88. The summed E-state index contributed by atoms with van der Waals surface area (Å²) in [6, 6.07) is 9.69. The van der Waals surface area contributed by atoms with E-state index in [2.05, 4.69) is 15.4 Å². The number of hydrogen-bond acceptors (Lipinski definition) is 4. The van der Waals surface area contributed by atoms with Gasteiger partial charge in [-0.3, -0.25) is 4.79 Å². The first-order valence-corrected chi connectivity index (χ1v) is 7.88. The van der Waals surface area contributed by atoms with Gasteiger partial charge in [0.05, 0.1) is 12.8 Å². The molecule has 3 rings (SSSR count). The first kappa shape index (κ1) is 19.8. The van der Waals surface area contributed by atoms with Gasteiger partial charge in [-0.15, -0.1) is 12.4 Å². The molecule has 0 aromatic heterocycles. The van der Waals surface area contributed by atoms with Crippen LogP contribution in [-0.4, -0.2) is 26.2 Å². The molecule has 0 spiro atoms. The van der Waals surface area contributed by atoms with E-state index in [4.69, 9.17) is 4.74 Å². The fraction of sp³-hybridized carbons (Fsp3) is 0.278. The first-order chi connectivity index (χ1) is 12.1. The third kappa shape index (κ3) is 4.35. The maximum absolute atomic E-state index is 12.7. The van der Waals surface area contributed by atoms with E-state index in [0.29, 0.717) is 11.3 Å². The van der Waals surface area contributed by atoms with Gasteiger partial charge in [0.2, 0.25) is 0 Å². The molecule has 140 valence electrons. The quantitative estimate of drug-likeness (QED) is 0.805. The van der Waals surface area contributed by atoms with Gasteiger partial charge in [-0.1, -0.05) is 6.07 Å². The van der Waals surface area contributed by atoms with E-state index in [0.717, 1.165) is 30.6 Å². The zero-order valence-electron chi connectivity index (χ0n) is 14.1. The van der Waals surface area contributed by atoms with E-state index in [9.17, 15) is 13.6 Å². The minimum Gasteiger partial charge on any atom is -0.497 e. The molecule has 0 fully saturated rings. The fourth-order valence-corrected chi connectivity index (χ4v) is 2.84. The van der Waals surface area contributed by atoms with Crippen LogP contribution in [-0.2, 0) is 6.42 Å². The highest BCUT2D eigenvalue weighted by molar-refractivity contribution is 6.07. The number of halogens is 3. The molecular weight excluding hydrogens is 366 g/mol. The summed E-state index contributed by atoms with van der Waals surface area (Å²) in [5.41, 5.74) is 2.49. The number of ether oxygens (including phenoxy) is 2. The molecule has 5 nitrogen and oxygen atoms in total. The van der Waals surface area contributed by atoms with E-state index in [1.807, 2.05) is 6.07 Å². The van der Waals surface area contributed by atoms with Gasteiger partial charge >= 0.3 is 6.61 Å². The van der Waals surface area contributed by atoms with Gasteiger partial charge in [-0.05, 0) is 42.7 Å². The number of rotatable bonds is 5. The zero-order chi connectivity index (χ0) is 17.8. The molecular formula is C18H19ClF2N2O3. The Morgan fingerprint density at radius 3 is 2.81 bits per heavy atom. The standard InChI is InChI=1S/C18H18F2N2O3.ClH/c1-24-11-7-8-16(25-18(19)20)15(10-11)22-17(23)13-4-2-6-14-12(13)5-3-9-21-14;/h2,4,6-8,10,18,21H,3,5,9H2,1H3,(H,22,23);1H. The number of fused-ring (bicyclic) bond motifs is 1. The second-order valence-electron chi connectivity index (χ2n) is 5.56. The number of anilines is 2. The average molecular weight is 385 g/mol. The minimum atomic E-state index is -2.99. The van der Waals surface area contributed by atoms with Crippen LogP contribution in [0, 0.1) is 0 Å². The Bertz CT molecular complexity index is 787. The maximum Gasteiger partial charge on any atom is 0.387 e. The number of carbonyl (C=O) groups excluding carboxylic acids is 1. The number of methoxy groups -OCH3 is 1. The molecule has 8 heteroatoms. The maximum atomic E-state index is 12.7. The molecule has 2 N–H and O–H groups in total. The van der Waals surface area contributed by atoms with Gasteiger partial charge in [0.15, 0.2) is 0 Å². The van der Waals surface area contributed by atoms with Crippen molar-refractivity contribution in [1.82, 2.24) is 0 Å². The molecule has 0 bridgehead atoms. The van der Waals surface area contributed by atoms with E-state index >= 15 is 0 Å². The molecule has 0 unspecified atom stereocenters. The smallest absolute Gasteiger partial charge is 0.387 e. The van der Waals surface area contributed by atoms with Crippen LogP contribution in [0.3, 0.4) is 0 Å². The summed E-state index contributed by atoms with van der Waals surface area (Å²) >= 11 is 0. The van der Waals surface area contributed by atoms with Crippen LogP contribution in [0.25, 0.3) is 0 Å². The van der Waals surface area contributed by atoms with Crippen molar-refractivity contribution in [2.45, 2.75) is 19.5 Å². The van der Waals surface area contributed by atoms with Crippen LogP contribution >= 0.6 is 12.4 Å². The van der Waals surface area contributed by atoms with Crippen molar-refractivity contribution < 1.29 is 23.0 Å². The third-order valence-corrected chi connectivity index (χ3v) is 3.99. The normalized spacial score (nSPS) is 12.5. The highest BCUT2D eigenvalue weighted by Gasteiger charge is 2.19. The summed E-state index contributed by atoms with van der Waals surface area (Å²) in [4.78, 5) is 12.7. The van der Waals surface area contributed by atoms with Crippen molar-refractivity contribution in [3.05, 3.63) is 47.5 Å². The largest absolute Gasteiger partial charge is 0.497 e. The molecule has 0 atom stereocenters. The topological polar surface area (TPSA) is 59.6 Å². The zero-order valence-corrected chi connectivity index (χ0v) is 14.9. The molecule has 0 saturated carbocycles. The van der Waals surface area contributed by atoms with Gasteiger partial charge in [-0.25, -0.2) is 0 Å². The summed E-state index contributed by atoms with van der Waals surface area (Å²) in [6.07, 6.45) is 1.71. The van der Waals surface area contributed by atoms with Crippen LogP contribution in [0.15, 0.2) is 36.4 Å². The van der Waals surface area contributed by atoms with Gasteiger partial charge in [0.25, 0.3) is 5.91 Å². The molecule has 2 aromatic rings. The molecule has 0 aliphatic carbocycles. The van der Waals surface area contributed by atoms with E-state index in [1.165, 1.54) is 25.3 Å². The highest BCUT2D eigenvalue weighted by Crippen LogP contribution is 2.32. The molecule has 1 amide bonds. The number of benzene rings is 2. The van der Waals surface area contributed by atoms with Gasteiger partial charge < -0.3 is 20.1 Å². The number of alkyl halides is 2. The van der Waals surface area contributed by atoms with E-state index in [1.54, 1.807) is 12.1 Å². The van der Waals surface area contributed by atoms with Crippen molar-refractivity contribution in [2.75, 3.05) is 24.3 Å². The SMILES string of the molecule is COc1ccc(OC(F)F)c(NC(=O)c2cccc3c2CCCN3)c1.Cl. The lowest BCUT2D eigenvalue weighted by molar-refractivity contribution is -0.0494. The molecule has 2 aromatic carbocycles. The second kappa shape index (κ2) is 8.71. The lowest BCUT2D eigenvalue weighted by Crippen LogP contribution is -2.20. The number of hydrogen-bond donors (Lipinski definition) is 2. The Labute approximate surface area is 156 Å². The number of nitrogens with one attached hydrogen (secondary N) is 2. The summed E-state index contributed by atoms with van der Waals surface area (Å²) in [5.74, 6) is -0.0753. The third-order valence-electron chi connectivity index (χ3n) is 3.99. The molecule has 0 saturated heterocycles. The Balaban J connectivity index is 0.00000243. The Kier molecular flexibility index (Phi) is 6.63. The van der Waals surface area contributed by atoms with Gasteiger partial charge in [0, 0.05) is 23.9 Å². The van der Waals surface area contributed by atoms with Crippen LogP contribution in [0.1, 0.15) is 22.3 Å². The predicted molar refractivity (Wildman–Crippen MR) is 98.1 cm³/mol. The molecule has 0 radical (unpaired) electrons. The van der Waals surface area contributed by atoms with Gasteiger partial charge in [0.1, 0.15) is 11.5 Å². The van der Waals surface area contributed by atoms with E-state index < -0.39 is 6.61 Å². The summed E-state index contributed by atoms with van der Waals surface area (Å²) in [5, 5.41) is 5.91. The van der Waals surface area contributed by atoms with Crippen LogP contribution in [0.5, 0.6) is 11.5 Å². The second-order valence-corrected chi connectivity index (χ2v) is 5.56. The highest BCUT2D eigenvalue weighted by atomic mass is 35.5. The lowest BCUT2D eigenvalue weighted by Gasteiger charge is -2.21. The summed E-state index contributed by atoms with van der Waals surface area (Å²) < 4.78 is 34.8. The van der Waals surface area contributed by atoms with Crippen LogP contribution in [0.2, 0.25) is 0 Å². The molecule has 1 heterocycles. The Morgan fingerprint density at radius 2 is 2.08 bits per heavy atom. The van der Waals surface area contributed by atoms with Crippen molar-refractivity contribution in [3.63, 3.8) is 0 Å². The Hall–Kier alpha value is -2.54. The average Bonchev–Trinajstić information content (AvgIpc) is 2.62. The van der Waals surface area contributed by atoms with Crippen LogP contribution < -0.4 is 20.1 Å². The fourth-order valence-electron chi connectivity index (χ4n) is 2.84. The van der Waals surface area contributed by atoms with Gasteiger partial charge in [-0.2, -0.15) is 8.78 Å². The van der Waals surface area contributed by atoms with Crippen molar-refractivity contribution in [2.24, 2.45) is 0 Å². The van der Waals surface area contributed by atoms with E-state index in [-0.39, 0.29) is 29.8 Å². The monoisotopic (exact) mass is 384 g/mol. The summed E-state index contributed by atoms with van der Waals surface area (Å²) in [7, 11) is 1.45. The van der Waals surface area contributed by atoms with Crippen molar-refractivity contribution in [1.29, 1.82) is 0 Å².